The number of nitrogens with one attached hydrogen (secondary N) is 1. The molecular formula is C67H132N2O6P+. The Morgan fingerprint density at radius 3 is 1.05 bits per heavy atom. The number of unbranched alkanes of at least 4 members (excludes halogenated alkanes) is 45. The summed E-state index contributed by atoms with van der Waals surface area (Å²) in [6, 6.07) is -0.869. The van der Waals surface area contributed by atoms with Gasteiger partial charge in [0, 0.05) is 6.42 Å². The molecule has 8 nitrogen and oxygen atoms in total. The predicted octanol–water partition coefficient (Wildman–Crippen LogP) is 20.9. The fraction of sp³-hybridized carbons (Fsp3) is 0.896. The molecule has 0 fully saturated rings. The van der Waals surface area contributed by atoms with E-state index in [0.717, 1.165) is 44.9 Å². The van der Waals surface area contributed by atoms with E-state index in [1.54, 1.807) is 6.08 Å². The third-order valence-corrected chi connectivity index (χ3v) is 16.3. The van der Waals surface area contributed by atoms with E-state index in [1.807, 2.05) is 27.2 Å². The van der Waals surface area contributed by atoms with Crippen molar-refractivity contribution in [2.24, 2.45) is 0 Å². The number of aliphatic hydroxyl groups excluding tert-OH is 1. The quantitative estimate of drug-likeness (QED) is 0.0243. The standard InChI is InChI=1S/C67H131N2O6P/c1-6-8-10-12-14-16-18-20-22-24-26-28-30-32-34-35-37-39-41-43-45-47-49-51-53-55-57-59-61-67(71)68-65(64-75-76(72,73)74-63-62-69(3,4)5)66(70)60-58-56-54-52-50-48-46-44-42-40-38-36-33-31-29-27-25-23-21-19-17-15-13-11-9-7-2/h42,44,50,52,58,60,65-66,70H,6-41,43,45-49,51,53-57,59,61-64H2,1-5H3,(H-,68,71,72,73)/p+1/b44-42+,52-50+,60-58+. The fourth-order valence-electron chi connectivity index (χ4n) is 10.1. The Balaban J connectivity index is 4.14. The van der Waals surface area contributed by atoms with E-state index in [2.05, 4.69) is 43.5 Å². The van der Waals surface area contributed by atoms with Crippen LogP contribution in [0.5, 0.6) is 0 Å². The highest BCUT2D eigenvalue weighted by Crippen LogP contribution is 2.43. The molecule has 0 heterocycles. The van der Waals surface area contributed by atoms with Gasteiger partial charge in [0.2, 0.25) is 5.91 Å². The number of hydrogen-bond acceptors (Lipinski definition) is 5. The highest BCUT2D eigenvalue weighted by atomic mass is 31.2. The first-order valence-electron chi connectivity index (χ1n) is 33.4. The van der Waals surface area contributed by atoms with Crippen molar-refractivity contribution in [2.45, 2.75) is 347 Å². The average molecular weight is 1090 g/mol. The van der Waals surface area contributed by atoms with Crippen LogP contribution in [-0.4, -0.2) is 73.4 Å². The van der Waals surface area contributed by atoms with Gasteiger partial charge in [0.05, 0.1) is 39.9 Å². The maximum Gasteiger partial charge on any atom is 0.472 e. The SMILES string of the molecule is CCCCCCCCCCCCCCCCCC/C=C/CC/C=C/CC/C=C/C(O)C(COP(=O)(O)OCC[N+](C)(C)C)NC(=O)CCCCCCCCCCCCCCCCCCCCCCCCCCCCCC. The minimum Gasteiger partial charge on any atom is -0.387 e. The monoisotopic (exact) mass is 1090 g/mol. The van der Waals surface area contributed by atoms with Crippen molar-refractivity contribution in [1.29, 1.82) is 0 Å². The molecule has 0 aromatic rings. The molecule has 0 aromatic heterocycles. The van der Waals surface area contributed by atoms with Crippen LogP contribution in [0.4, 0.5) is 0 Å². The Morgan fingerprint density at radius 1 is 0.434 bits per heavy atom. The first kappa shape index (κ1) is 74.7. The molecule has 0 aliphatic heterocycles. The summed E-state index contributed by atoms with van der Waals surface area (Å²) in [5.74, 6) is -0.184. The van der Waals surface area contributed by atoms with E-state index in [9.17, 15) is 19.4 Å². The topological polar surface area (TPSA) is 105 Å². The van der Waals surface area contributed by atoms with Gasteiger partial charge in [-0.1, -0.05) is 320 Å². The lowest BCUT2D eigenvalue weighted by Crippen LogP contribution is -2.45. The maximum absolute atomic E-state index is 13.0. The number of quaternary nitrogens is 1. The van der Waals surface area contributed by atoms with Gasteiger partial charge in [-0.3, -0.25) is 13.8 Å². The number of amides is 1. The molecule has 3 N–H and O–H groups in total. The summed E-state index contributed by atoms with van der Waals surface area (Å²) in [6.07, 6.45) is 77.2. The van der Waals surface area contributed by atoms with Crippen LogP contribution in [0.15, 0.2) is 36.5 Å². The molecule has 450 valence electrons. The molecule has 0 radical (unpaired) electrons. The Kier molecular flexibility index (Phi) is 57.4. The normalized spacial score (nSPS) is 13.9. The average Bonchev–Trinajstić information content (AvgIpc) is 3.38. The van der Waals surface area contributed by atoms with Crippen LogP contribution in [-0.2, 0) is 18.4 Å². The highest BCUT2D eigenvalue weighted by Gasteiger charge is 2.28. The Labute approximate surface area is 474 Å². The molecule has 1 amide bonds. The van der Waals surface area contributed by atoms with Gasteiger partial charge in [-0.15, -0.1) is 0 Å². The number of phosphoric ester groups is 1. The molecule has 0 rings (SSSR count). The number of aliphatic hydroxyl groups is 1. The summed E-state index contributed by atoms with van der Waals surface area (Å²) in [7, 11) is 1.56. The highest BCUT2D eigenvalue weighted by molar-refractivity contribution is 7.47. The van der Waals surface area contributed by atoms with Crippen molar-refractivity contribution < 1.29 is 32.9 Å². The molecule has 0 spiro atoms. The van der Waals surface area contributed by atoms with Crippen molar-refractivity contribution in [2.75, 3.05) is 40.9 Å². The van der Waals surface area contributed by atoms with Gasteiger partial charge < -0.3 is 19.8 Å². The van der Waals surface area contributed by atoms with E-state index in [1.165, 1.54) is 270 Å². The van der Waals surface area contributed by atoms with Crippen LogP contribution >= 0.6 is 7.82 Å². The number of phosphoric acid groups is 1. The van der Waals surface area contributed by atoms with Crippen LogP contribution in [0.1, 0.15) is 335 Å². The second kappa shape index (κ2) is 58.4. The van der Waals surface area contributed by atoms with Gasteiger partial charge in [0.1, 0.15) is 13.2 Å². The fourth-order valence-corrected chi connectivity index (χ4v) is 10.9. The van der Waals surface area contributed by atoms with Crippen LogP contribution in [0.2, 0.25) is 0 Å². The number of rotatable bonds is 62. The number of carbonyl (C=O) groups excluding carboxylic acids is 1. The molecule has 9 heteroatoms. The molecule has 76 heavy (non-hydrogen) atoms. The van der Waals surface area contributed by atoms with Crippen LogP contribution in [0.3, 0.4) is 0 Å². The first-order valence-corrected chi connectivity index (χ1v) is 34.9. The second-order valence-corrected chi connectivity index (χ2v) is 25.6. The Morgan fingerprint density at radius 2 is 0.724 bits per heavy atom. The third kappa shape index (κ3) is 60.4. The predicted molar refractivity (Wildman–Crippen MR) is 332 cm³/mol. The molecule has 3 atom stereocenters. The minimum absolute atomic E-state index is 0.0554. The molecule has 0 saturated heterocycles. The lowest BCUT2D eigenvalue weighted by atomic mass is 10.0. The smallest absolute Gasteiger partial charge is 0.387 e. The van der Waals surface area contributed by atoms with Gasteiger partial charge in [0.15, 0.2) is 0 Å². The van der Waals surface area contributed by atoms with Gasteiger partial charge in [0.25, 0.3) is 0 Å². The zero-order valence-electron chi connectivity index (χ0n) is 51.5. The summed E-state index contributed by atoms with van der Waals surface area (Å²) in [5, 5.41) is 14.0. The summed E-state index contributed by atoms with van der Waals surface area (Å²) in [6.45, 7) is 4.84. The summed E-state index contributed by atoms with van der Waals surface area (Å²) in [4.78, 5) is 23.4. The first-order chi connectivity index (χ1) is 37.0. The molecule has 0 saturated carbocycles. The molecule has 0 aliphatic rings. The Hall–Kier alpha value is -1.28. The zero-order valence-corrected chi connectivity index (χ0v) is 52.4. The third-order valence-electron chi connectivity index (χ3n) is 15.3. The van der Waals surface area contributed by atoms with Crippen molar-refractivity contribution in [1.82, 2.24) is 5.32 Å². The number of allylic oxidation sites excluding steroid dienone is 5. The number of hydrogen-bond donors (Lipinski definition) is 3. The second-order valence-electron chi connectivity index (χ2n) is 24.2. The minimum atomic E-state index is -4.36. The number of carbonyl (C=O) groups is 1. The lowest BCUT2D eigenvalue weighted by molar-refractivity contribution is -0.870. The van der Waals surface area contributed by atoms with E-state index < -0.39 is 20.0 Å². The van der Waals surface area contributed by atoms with Crippen molar-refractivity contribution in [3.8, 4) is 0 Å². The lowest BCUT2D eigenvalue weighted by Gasteiger charge is -2.25. The van der Waals surface area contributed by atoms with Crippen LogP contribution in [0.25, 0.3) is 0 Å². The van der Waals surface area contributed by atoms with Crippen molar-refractivity contribution >= 4 is 13.7 Å². The number of nitrogens with zero attached hydrogens (tertiary/aromatic N) is 1. The molecule has 0 aromatic carbocycles. The van der Waals surface area contributed by atoms with Crippen molar-refractivity contribution in [3.63, 3.8) is 0 Å². The maximum atomic E-state index is 13.0. The van der Waals surface area contributed by atoms with Crippen LogP contribution in [0, 0.1) is 0 Å². The molecule has 0 aliphatic carbocycles. The van der Waals surface area contributed by atoms with Gasteiger partial charge in [-0.2, -0.15) is 0 Å². The van der Waals surface area contributed by atoms with Crippen molar-refractivity contribution in [3.05, 3.63) is 36.5 Å². The van der Waals surface area contributed by atoms with E-state index in [-0.39, 0.29) is 19.1 Å². The molecular weight excluding hydrogens is 960 g/mol. The van der Waals surface area contributed by atoms with Gasteiger partial charge in [-0.05, 0) is 44.9 Å². The summed E-state index contributed by atoms with van der Waals surface area (Å²) >= 11 is 0. The van der Waals surface area contributed by atoms with Crippen LogP contribution < -0.4 is 5.32 Å². The zero-order chi connectivity index (χ0) is 55.6. The molecule has 3 unspecified atom stereocenters. The van der Waals surface area contributed by atoms with Gasteiger partial charge >= 0.3 is 7.82 Å². The summed E-state index contributed by atoms with van der Waals surface area (Å²) < 4.78 is 23.8. The number of likely N-dealkylation sites (N-methyl/N-ethyl adjacent to an activating group) is 1. The van der Waals surface area contributed by atoms with E-state index in [0.29, 0.717) is 17.4 Å². The van der Waals surface area contributed by atoms with E-state index in [4.69, 9.17) is 9.05 Å². The van der Waals surface area contributed by atoms with E-state index >= 15 is 0 Å². The summed E-state index contributed by atoms with van der Waals surface area (Å²) in [5.41, 5.74) is 0. The van der Waals surface area contributed by atoms with Gasteiger partial charge in [-0.25, -0.2) is 4.57 Å². The molecule has 0 bridgehead atoms. The Bertz CT molecular complexity index is 1330. The largest absolute Gasteiger partial charge is 0.472 e.